The molecule has 302 valence electrons. The lowest BCUT2D eigenvalue weighted by molar-refractivity contribution is 0.603. The Balaban J connectivity index is 1.14. The Morgan fingerprint density at radius 3 is 1.97 bits per heavy atom. The van der Waals surface area contributed by atoms with Crippen LogP contribution in [0.2, 0.25) is 0 Å². The molecule has 0 saturated carbocycles. The molecule has 0 radical (unpaired) electrons. The summed E-state index contributed by atoms with van der Waals surface area (Å²) in [4.78, 5) is 5.02. The van der Waals surface area contributed by atoms with Crippen molar-refractivity contribution in [3.8, 4) is 16.8 Å². The van der Waals surface area contributed by atoms with Gasteiger partial charge in [0.25, 0.3) is 0 Å². The van der Waals surface area contributed by atoms with Crippen LogP contribution in [0.15, 0.2) is 221 Å². The van der Waals surface area contributed by atoms with E-state index in [1.807, 2.05) is 36.9 Å². The van der Waals surface area contributed by atoms with Crippen molar-refractivity contribution in [2.75, 3.05) is 4.90 Å². The first-order valence-electron chi connectivity index (χ1n) is 21.9. The van der Waals surface area contributed by atoms with Gasteiger partial charge in [-0.25, -0.2) is 0 Å². The molecule has 1 spiro atoms. The summed E-state index contributed by atoms with van der Waals surface area (Å²) >= 11 is 1.88. The van der Waals surface area contributed by atoms with Crippen LogP contribution in [0.25, 0.3) is 72.5 Å². The predicted molar refractivity (Wildman–Crippen MR) is 269 cm³/mol. The Morgan fingerprint density at radius 2 is 1.19 bits per heavy atom. The van der Waals surface area contributed by atoms with E-state index in [1.165, 1.54) is 70.2 Å². The molecule has 0 bridgehead atoms. The summed E-state index contributed by atoms with van der Waals surface area (Å²) in [6.45, 7) is 6.18. The summed E-state index contributed by atoms with van der Waals surface area (Å²) in [6.07, 6.45) is 5.93. The number of rotatable bonds is 6. The number of anilines is 3. The third kappa shape index (κ3) is 5.06. The molecule has 9 aromatic carbocycles. The van der Waals surface area contributed by atoms with E-state index in [9.17, 15) is 0 Å². The number of allylic oxidation sites excluding steroid dienone is 1. The second-order valence-corrected chi connectivity index (χ2v) is 17.8. The first-order valence-corrected chi connectivity index (χ1v) is 22.7. The summed E-state index contributed by atoms with van der Waals surface area (Å²) in [5.41, 5.74) is 15.6. The summed E-state index contributed by atoms with van der Waals surface area (Å²) in [5.74, 6) is 0.807. The molecular formula is C60H40N2OS. The van der Waals surface area contributed by atoms with E-state index in [0.717, 1.165) is 50.6 Å². The van der Waals surface area contributed by atoms with Crippen molar-refractivity contribution in [1.82, 2.24) is 4.57 Å². The van der Waals surface area contributed by atoms with Crippen molar-refractivity contribution < 1.29 is 4.42 Å². The maximum absolute atomic E-state index is 6.62. The van der Waals surface area contributed by atoms with Crippen LogP contribution in [0.5, 0.6) is 0 Å². The minimum Gasteiger partial charge on any atom is -0.456 e. The fourth-order valence-electron chi connectivity index (χ4n) is 11.0. The molecule has 3 nitrogen and oxygen atoms in total. The zero-order valence-corrected chi connectivity index (χ0v) is 35.9. The molecule has 11 aromatic rings. The molecule has 1 aliphatic heterocycles. The van der Waals surface area contributed by atoms with E-state index >= 15 is 0 Å². The van der Waals surface area contributed by atoms with Crippen molar-refractivity contribution in [1.29, 1.82) is 0 Å². The molecule has 4 heteroatoms. The standard InChI is InChI=1S/C60H40N2OS/c1-3-17-55-41(4-2)45-33-31-40(37-56(45)63-55)61(39-30-32-44-43-21-9-13-27-52(43)62(54(44)36-39)38-18-6-5-7-19-38)53-35-34-46-42-20-8-10-23-48(42)60(51-26-16-22-47(53)59(46)51)49-24-11-14-28-57(49)64-58-29-15-12-25-50(58)60/h3-37H,2H2,1H3/b17-3-. The Bertz CT molecular complexity index is 3710. The molecule has 0 amide bonds. The Hall–Kier alpha value is -7.79. The van der Waals surface area contributed by atoms with Gasteiger partial charge >= 0.3 is 0 Å². The zero-order chi connectivity index (χ0) is 42.5. The lowest BCUT2D eigenvalue weighted by Crippen LogP contribution is -2.36. The van der Waals surface area contributed by atoms with Crippen LogP contribution in [0.3, 0.4) is 0 Å². The van der Waals surface area contributed by atoms with Crippen molar-refractivity contribution >= 4 is 84.5 Å². The highest BCUT2D eigenvalue weighted by atomic mass is 32.2. The molecule has 0 saturated heterocycles. The van der Waals surface area contributed by atoms with Crippen molar-refractivity contribution in [2.24, 2.45) is 0 Å². The molecule has 0 atom stereocenters. The van der Waals surface area contributed by atoms with E-state index in [0.29, 0.717) is 0 Å². The van der Waals surface area contributed by atoms with Crippen molar-refractivity contribution in [2.45, 2.75) is 22.1 Å². The molecule has 0 unspecified atom stereocenters. The Morgan fingerprint density at radius 1 is 0.547 bits per heavy atom. The second kappa shape index (κ2) is 14.1. The van der Waals surface area contributed by atoms with Gasteiger partial charge in [-0.05, 0) is 112 Å². The van der Waals surface area contributed by atoms with E-state index in [4.69, 9.17) is 4.42 Å². The van der Waals surface area contributed by atoms with Gasteiger partial charge in [-0.3, -0.25) is 0 Å². The normalized spacial score (nSPS) is 13.5. The van der Waals surface area contributed by atoms with Crippen LogP contribution in [-0.2, 0) is 5.41 Å². The van der Waals surface area contributed by atoms with Crippen molar-refractivity contribution in [3.05, 3.63) is 240 Å². The third-order valence-electron chi connectivity index (χ3n) is 13.5. The number of para-hydroxylation sites is 2. The molecule has 64 heavy (non-hydrogen) atoms. The van der Waals surface area contributed by atoms with E-state index < -0.39 is 5.41 Å². The van der Waals surface area contributed by atoms with Gasteiger partial charge in [0.15, 0.2) is 0 Å². The number of furan rings is 1. The fourth-order valence-corrected chi connectivity index (χ4v) is 12.2. The molecule has 0 fully saturated rings. The van der Waals surface area contributed by atoms with Gasteiger partial charge in [-0.2, -0.15) is 0 Å². The molecule has 0 N–H and O–H groups in total. The minimum absolute atomic E-state index is 0.530. The van der Waals surface area contributed by atoms with Crippen LogP contribution < -0.4 is 4.90 Å². The summed E-state index contributed by atoms with van der Waals surface area (Å²) in [7, 11) is 0. The number of hydrogen-bond donors (Lipinski definition) is 0. The van der Waals surface area contributed by atoms with E-state index in [1.54, 1.807) is 0 Å². The second-order valence-electron chi connectivity index (χ2n) is 16.7. The smallest absolute Gasteiger partial charge is 0.137 e. The van der Waals surface area contributed by atoms with E-state index in [2.05, 4.69) is 210 Å². The van der Waals surface area contributed by atoms with Gasteiger partial charge in [-0.15, -0.1) is 0 Å². The van der Waals surface area contributed by atoms with Crippen molar-refractivity contribution in [3.63, 3.8) is 0 Å². The van der Waals surface area contributed by atoms with Gasteiger partial charge in [0.1, 0.15) is 11.3 Å². The van der Waals surface area contributed by atoms with Gasteiger partial charge in [0, 0.05) is 60.0 Å². The lowest BCUT2D eigenvalue weighted by Gasteiger charge is -2.46. The van der Waals surface area contributed by atoms with Crippen LogP contribution in [-0.4, -0.2) is 4.57 Å². The molecule has 2 aliphatic rings. The van der Waals surface area contributed by atoms with Crippen LogP contribution in [0.1, 0.15) is 40.5 Å². The maximum Gasteiger partial charge on any atom is 0.137 e. The highest BCUT2D eigenvalue weighted by Crippen LogP contribution is 2.62. The minimum atomic E-state index is -0.530. The van der Waals surface area contributed by atoms with E-state index in [-0.39, 0.29) is 0 Å². The average Bonchev–Trinajstić information content (AvgIpc) is 3.87. The quantitative estimate of drug-likeness (QED) is 0.166. The molecule has 13 rings (SSSR count). The predicted octanol–water partition coefficient (Wildman–Crippen LogP) is 16.7. The number of aromatic nitrogens is 1. The highest BCUT2D eigenvalue weighted by molar-refractivity contribution is 7.99. The third-order valence-corrected chi connectivity index (χ3v) is 14.7. The Labute approximate surface area is 375 Å². The maximum atomic E-state index is 6.62. The monoisotopic (exact) mass is 836 g/mol. The lowest BCUT2D eigenvalue weighted by atomic mass is 9.59. The summed E-state index contributed by atoms with van der Waals surface area (Å²) in [5, 5.41) is 5.92. The van der Waals surface area contributed by atoms with Gasteiger partial charge in [-0.1, -0.05) is 158 Å². The summed E-state index contributed by atoms with van der Waals surface area (Å²) in [6, 6.07) is 71.9. The number of nitrogens with zero attached hydrogens (tertiary/aromatic N) is 2. The highest BCUT2D eigenvalue weighted by Gasteiger charge is 2.48. The average molecular weight is 837 g/mol. The van der Waals surface area contributed by atoms with Gasteiger partial charge < -0.3 is 13.9 Å². The SMILES string of the molecule is C=Cc1c(/C=C\C)oc2cc(N(c3ccc4c5ccccc5n(-c5ccccc5)c4c3)c3ccc4c5c(cccc35)C3(c5ccccc5Sc5ccccc53)c3ccccc3-4)ccc12. The van der Waals surface area contributed by atoms with Crippen LogP contribution >= 0.6 is 11.8 Å². The molecular weight excluding hydrogens is 797 g/mol. The molecule has 1 aliphatic carbocycles. The molecule has 2 aromatic heterocycles. The molecule has 3 heterocycles. The van der Waals surface area contributed by atoms with Crippen LogP contribution in [0.4, 0.5) is 17.1 Å². The van der Waals surface area contributed by atoms with Crippen LogP contribution in [0, 0.1) is 0 Å². The first-order chi connectivity index (χ1) is 31.7. The number of hydrogen-bond acceptors (Lipinski definition) is 3. The largest absolute Gasteiger partial charge is 0.456 e. The number of fused-ring (bicyclic) bond motifs is 12. The van der Waals surface area contributed by atoms with Gasteiger partial charge in [0.2, 0.25) is 0 Å². The zero-order valence-electron chi connectivity index (χ0n) is 35.1. The fraction of sp³-hybridized carbons (Fsp3) is 0.0333. The number of benzene rings is 9. The summed E-state index contributed by atoms with van der Waals surface area (Å²) < 4.78 is 9.02. The van der Waals surface area contributed by atoms with Gasteiger partial charge in [0.05, 0.1) is 22.1 Å². The topological polar surface area (TPSA) is 21.3 Å². The Kier molecular flexibility index (Phi) is 8.12. The first kappa shape index (κ1) is 36.8.